The Hall–Kier alpha value is -4.94. The summed E-state index contributed by atoms with van der Waals surface area (Å²) < 4.78 is 11.5. The number of fused-ring (bicyclic) bond motifs is 2. The Labute approximate surface area is 260 Å². The lowest BCUT2D eigenvalue weighted by Crippen LogP contribution is -2.30. The summed E-state index contributed by atoms with van der Waals surface area (Å²) in [4.78, 5) is 41.8. The monoisotopic (exact) mass is 603 g/mol. The number of benzene rings is 5. The molecule has 44 heavy (non-hydrogen) atoms. The van der Waals surface area contributed by atoms with Crippen molar-refractivity contribution in [3.63, 3.8) is 0 Å². The fraction of sp³-hybridized carbons (Fsp3) is 0.162. The smallest absolute Gasteiger partial charge is 0.310 e. The van der Waals surface area contributed by atoms with Gasteiger partial charge >= 0.3 is 5.97 Å². The van der Waals surface area contributed by atoms with E-state index in [0.717, 1.165) is 32.4 Å². The van der Waals surface area contributed by atoms with Gasteiger partial charge in [-0.05, 0) is 59.5 Å². The van der Waals surface area contributed by atoms with Crippen LogP contribution in [0.3, 0.4) is 0 Å². The second-order valence-electron chi connectivity index (χ2n) is 10.6. The Morgan fingerprint density at radius 3 is 2.05 bits per heavy atom. The van der Waals surface area contributed by atoms with E-state index in [9.17, 15) is 14.4 Å². The Bertz CT molecular complexity index is 1770. The van der Waals surface area contributed by atoms with Crippen molar-refractivity contribution in [2.24, 2.45) is 0 Å². The first-order valence-electron chi connectivity index (χ1n) is 14.6. The van der Waals surface area contributed by atoms with Crippen LogP contribution in [0.2, 0.25) is 5.02 Å². The van der Waals surface area contributed by atoms with Gasteiger partial charge in [0.1, 0.15) is 12.4 Å². The number of rotatable bonds is 10. The molecule has 0 saturated heterocycles. The van der Waals surface area contributed by atoms with Crippen LogP contribution in [0.1, 0.15) is 49.9 Å². The number of carbonyl (C=O) groups excluding carboxylic acids is 3. The first kappa shape index (κ1) is 29.1. The summed E-state index contributed by atoms with van der Waals surface area (Å²) in [6.45, 7) is 2.24. The maximum Gasteiger partial charge on any atom is 0.310 e. The van der Waals surface area contributed by atoms with Gasteiger partial charge in [-0.1, -0.05) is 103 Å². The minimum Gasteiger partial charge on any atom is -0.487 e. The summed E-state index contributed by atoms with van der Waals surface area (Å²) in [5, 5.41) is 1.82. The van der Waals surface area contributed by atoms with Gasteiger partial charge in [-0.3, -0.25) is 14.4 Å². The fourth-order valence-electron chi connectivity index (χ4n) is 5.73. The normalized spacial score (nSPS) is 12.5. The Balaban J connectivity index is 1.46. The van der Waals surface area contributed by atoms with Gasteiger partial charge in [-0.2, -0.15) is 0 Å². The van der Waals surface area contributed by atoms with Crippen LogP contribution in [0, 0.1) is 0 Å². The lowest BCUT2D eigenvalue weighted by atomic mass is 9.90. The molecule has 0 aromatic heterocycles. The van der Waals surface area contributed by atoms with Gasteiger partial charge in [0.25, 0.3) is 11.8 Å². The molecule has 1 aliphatic heterocycles. The molecule has 5 aromatic rings. The maximum atomic E-state index is 14.3. The Morgan fingerprint density at radius 2 is 1.36 bits per heavy atom. The molecule has 0 atom stereocenters. The van der Waals surface area contributed by atoms with E-state index in [1.54, 1.807) is 25.1 Å². The van der Waals surface area contributed by atoms with E-state index in [0.29, 0.717) is 29.7 Å². The van der Waals surface area contributed by atoms with E-state index >= 15 is 0 Å². The number of hydrogen-bond donors (Lipinski definition) is 0. The molecule has 6 rings (SSSR count). The van der Waals surface area contributed by atoms with Crippen molar-refractivity contribution < 1.29 is 23.9 Å². The summed E-state index contributed by atoms with van der Waals surface area (Å²) in [6.07, 6.45) is 1.26. The third-order valence-electron chi connectivity index (χ3n) is 7.75. The van der Waals surface area contributed by atoms with Crippen molar-refractivity contribution in [3.8, 4) is 5.75 Å². The van der Waals surface area contributed by atoms with Gasteiger partial charge in [0.15, 0.2) is 0 Å². The van der Waals surface area contributed by atoms with Crippen LogP contribution < -0.4 is 9.64 Å². The Morgan fingerprint density at radius 1 is 0.727 bits per heavy atom. The third-order valence-corrected chi connectivity index (χ3v) is 8.05. The molecule has 0 N–H and O–H groups in total. The molecule has 2 amide bonds. The highest BCUT2D eigenvalue weighted by Gasteiger charge is 2.43. The van der Waals surface area contributed by atoms with Gasteiger partial charge in [0.05, 0.1) is 34.9 Å². The molecular formula is C37H30ClNO5. The molecule has 0 bridgehead atoms. The minimum atomic E-state index is -0.500. The van der Waals surface area contributed by atoms with Crippen LogP contribution in [0.15, 0.2) is 103 Å². The van der Waals surface area contributed by atoms with Gasteiger partial charge in [-0.25, -0.2) is 4.90 Å². The zero-order chi connectivity index (χ0) is 30.6. The number of hydrogen-bond acceptors (Lipinski definition) is 5. The summed E-state index contributed by atoms with van der Waals surface area (Å²) in [5.41, 5.74) is 4.30. The van der Waals surface area contributed by atoms with Crippen LogP contribution in [0.25, 0.3) is 10.8 Å². The molecule has 0 unspecified atom stereocenters. The lowest BCUT2D eigenvalue weighted by molar-refractivity contribution is -0.142. The first-order chi connectivity index (χ1) is 21.5. The second-order valence-corrected chi connectivity index (χ2v) is 11.0. The number of halogens is 1. The van der Waals surface area contributed by atoms with E-state index in [1.807, 2.05) is 72.8 Å². The van der Waals surface area contributed by atoms with Gasteiger partial charge in [0.2, 0.25) is 0 Å². The van der Waals surface area contributed by atoms with Crippen LogP contribution >= 0.6 is 11.6 Å². The largest absolute Gasteiger partial charge is 0.487 e. The number of nitrogens with zero attached hydrogens (tertiary/aromatic N) is 1. The molecule has 7 heteroatoms. The molecule has 5 aromatic carbocycles. The summed E-state index contributed by atoms with van der Waals surface area (Å²) in [7, 11) is 0. The molecule has 0 fully saturated rings. The fourth-order valence-corrected chi connectivity index (χ4v) is 6.01. The molecular weight excluding hydrogens is 574 g/mol. The lowest BCUT2D eigenvalue weighted by Gasteiger charge is -2.17. The van der Waals surface area contributed by atoms with E-state index in [-0.39, 0.29) is 41.9 Å². The minimum absolute atomic E-state index is 0.0302. The van der Waals surface area contributed by atoms with Crippen LogP contribution in [0.5, 0.6) is 5.75 Å². The topological polar surface area (TPSA) is 72.9 Å². The molecule has 0 radical (unpaired) electrons. The van der Waals surface area contributed by atoms with Crippen molar-refractivity contribution in [1.29, 1.82) is 0 Å². The highest BCUT2D eigenvalue weighted by Crippen LogP contribution is 2.44. The van der Waals surface area contributed by atoms with Crippen molar-refractivity contribution in [3.05, 3.63) is 142 Å². The van der Waals surface area contributed by atoms with E-state index in [2.05, 4.69) is 12.1 Å². The average Bonchev–Trinajstić information content (AvgIpc) is 3.29. The number of ether oxygens (including phenoxy) is 2. The molecule has 0 saturated carbocycles. The number of carbonyl (C=O) groups is 3. The quantitative estimate of drug-likeness (QED) is 0.120. The van der Waals surface area contributed by atoms with Gasteiger partial charge in [-0.15, -0.1) is 0 Å². The molecule has 1 heterocycles. The third kappa shape index (κ3) is 5.69. The molecule has 0 aliphatic carbocycles. The predicted molar refractivity (Wildman–Crippen MR) is 172 cm³/mol. The first-order valence-corrected chi connectivity index (χ1v) is 14.9. The van der Waals surface area contributed by atoms with Crippen LogP contribution in [-0.4, -0.2) is 24.4 Å². The van der Waals surface area contributed by atoms with Gasteiger partial charge < -0.3 is 9.47 Å². The van der Waals surface area contributed by atoms with Crippen molar-refractivity contribution in [2.75, 3.05) is 11.5 Å². The molecule has 220 valence electrons. The maximum absolute atomic E-state index is 14.3. The second kappa shape index (κ2) is 12.7. The zero-order valence-electron chi connectivity index (χ0n) is 24.2. The van der Waals surface area contributed by atoms with E-state index < -0.39 is 11.8 Å². The predicted octanol–water partition coefficient (Wildman–Crippen LogP) is 7.76. The van der Waals surface area contributed by atoms with Crippen molar-refractivity contribution >= 4 is 45.8 Å². The molecule has 1 aliphatic rings. The summed E-state index contributed by atoms with van der Waals surface area (Å²) in [6, 6.07) is 32.4. The SMILES string of the molecule is CCOC(=O)Cc1ccc(N2C(=O)c3c(c(OCc4ccccc4)c4ccccc4c3CCc3ccccc3)C2=O)c(Cl)c1. The summed E-state index contributed by atoms with van der Waals surface area (Å²) in [5.74, 6) is -0.964. The number of esters is 1. The van der Waals surface area contributed by atoms with E-state index in [4.69, 9.17) is 21.1 Å². The number of imide groups is 1. The average molecular weight is 604 g/mol. The Kier molecular flexibility index (Phi) is 8.44. The van der Waals surface area contributed by atoms with Crippen molar-refractivity contribution in [2.45, 2.75) is 32.8 Å². The number of amides is 2. The highest BCUT2D eigenvalue weighted by molar-refractivity contribution is 6.41. The van der Waals surface area contributed by atoms with Crippen molar-refractivity contribution in [1.82, 2.24) is 0 Å². The number of anilines is 1. The molecule has 6 nitrogen and oxygen atoms in total. The van der Waals surface area contributed by atoms with Crippen LogP contribution in [-0.2, 0) is 35.4 Å². The standard InChI is InChI=1S/C37H30ClNO5/c1-2-43-32(40)22-26-18-20-31(30(38)21-26)39-36(41)33-28(19-17-24-11-5-3-6-12-24)27-15-9-10-16-29(27)35(34(33)37(39)42)44-23-25-13-7-4-8-14-25/h3-16,18,20-21H,2,17,19,22-23H2,1H3. The number of aryl methyl sites for hydroxylation is 2. The van der Waals surface area contributed by atoms with Gasteiger partial charge in [0, 0.05) is 5.39 Å². The highest BCUT2D eigenvalue weighted by atomic mass is 35.5. The summed E-state index contributed by atoms with van der Waals surface area (Å²) >= 11 is 6.68. The van der Waals surface area contributed by atoms with E-state index in [1.165, 1.54) is 0 Å². The molecule has 0 spiro atoms. The zero-order valence-corrected chi connectivity index (χ0v) is 25.0. The van der Waals surface area contributed by atoms with Crippen LogP contribution in [0.4, 0.5) is 5.69 Å².